The van der Waals surface area contributed by atoms with Gasteiger partial charge in [0.25, 0.3) is 0 Å². The van der Waals surface area contributed by atoms with E-state index >= 15 is 0 Å². The average Bonchev–Trinajstić information content (AvgIpc) is 2.47. The minimum absolute atomic E-state index is 0.0254. The van der Waals surface area contributed by atoms with Gasteiger partial charge in [-0.05, 0) is 38.2 Å². The molecule has 0 atom stereocenters. The van der Waals surface area contributed by atoms with Gasteiger partial charge in [-0.1, -0.05) is 43.7 Å². The molecule has 0 saturated heterocycles. The molecule has 0 bridgehead atoms. The van der Waals surface area contributed by atoms with Crippen LogP contribution in [-0.2, 0) is 11.2 Å². The van der Waals surface area contributed by atoms with Crippen LogP contribution in [0.2, 0.25) is 0 Å². The first kappa shape index (κ1) is 16.7. The lowest BCUT2D eigenvalue weighted by atomic mass is 9.97. The predicted octanol–water partition coefficient (Wildman–Crippen LogP) is 2.99. The third-order valence-corrected chi connectivity index (χ3v) is 3.92. The van der Waals surface area contributed by atoms with E-state index in [1.165, 1.54) is 11.1 Å². The van der Waals surface area contributed by atoms with Crippen molar-refractivity contribution in [3.63, 3.8) is 0 Å². The first-order chi connectivity index (χ1) is 9.49. The number of aryl methyl sites for hydroxylation is 2. The van der Waals surface area contributed by atoms with Crippen molar-refractivity contribution in [1.29, 1.82) is 0 Å². The van der Waals surface area contributed by atoms with Crippen molar-refractivity contribution in [3.05, 3.63) is 35.4 Å². The van der Waals surface area contributed by atoms with Gasteiger partial charge < -0.3 is 10.4 Å². The second-order valence-corrected chi connectivity index (χ2v) is 5.55. The Morgan fingerprint density at radius 2 is 1.80 bits per heavy atom. The van der Waals surface area contributed by atoms with Gasteiger partial charge in [0.2, 0.25) is 5.91 Å². The molecule has 2 N–H and O–H groups in total. The number of hydrogen-bond donors (Lipinski definition) is 2. The number of rotatable bonds is 8. The fourth-order valence-electron chi connectivity index (χ4n) is 2.06. The topological polar surface area (TPSA) is 49.3 Å². The highest BCUT2D eigenvalue weighted by Gasteiger charge is 2.22. The molecule has 20 heavy (non-hydrogen) atoms. The van der Waals surface area contributed by atoms with Gasteiger partial charge in [-0.25, -0.2) is 0 Å². The number of hydrogen-bond acceptors (Lipinski definition) is 2. The van der Waals surface area contributed by atoms with Crippen LogP contribution < -0.4 is 5.32 Å². The molecule has 1 rings (SSSR count). The van der Waals surface area contributed by atoms with Crippen molar-refractivity contribution in [3.8, 4) is 0 Å². The van der Waals surface area contributed by atoms with E-state index in [9.17, 15) is 9.90 Å². The Balaban J connectivity index is 2.25. The average molecular weight is 277 g/mol. The zero-order valence-corrected chi connectivity index (χ0v) is 12.9. The highest BCUT2D eigenvalue weighted by atomic mass is 16.3. The van der Waals surface area contributed by atoms with Crippen LogP contribution in [0.1, 0.15) is 50.7 Å². The van der Waals surface area contributed by atoms with Crippen LogP contribution in [0.5, 0.6) is 0 Å². The highest BCUT2D eigenvalue weighted by Crippen LogP contribution is 2.13. The summed E-state index contributed by atoms with van der Waals surface area (Å²) in [6, 6.07) is 8.41. The van der Waals surface area contributed by atoms with Crippen molar-refractivity contribution >= 4 is 5.91 Å². The fourth-order valence-corrected chi connectivity index (χ4v) is 2.06. The SMILES string of the molecule is CCC(O)(CC)CNC(=O)CCCc1ccc(C)cc1. The number of amides is 1. The van der Waals surface area contributed by atoms with Gasteiger partial charge in [0.15, 0.2) is 0 Å². The van der Waals surface area contributed by atoms with Crippen molar-refractivity contribution in [1.82, 2.24) is 5.32 Å². The van der Waals surface area contributed by atoms with Gasteiger partial charge in [-0.15, -0.1) is 0 Å². The van der Waals surface area contributed by atoms with Crippen LogP contribution in [0.4, 0.5) is 0 Å². The number of carbonyl (C=O) groups excluding carboxylic acids is 1. The molecule has 112 valence electrons. The van der Waals surface area contributed by atoms with E-state index in [-0.39, 0.29) is 5.91 Å². The zero-order valence-electron chi connectivity index (χ0n) is 12.9. The summed E-state index contributed by atoms with van der Waals surface area (Å²) in [5.74, 6) is 0.0254. The molecule has 3 nitrogen and oxygen atoms in total. The molecule has 0 aliphatic rings. The molecule has 0 fully saturated rings. The Kier molecular flexibility index (Phi) is 6.73. The second-order valence-electron chi connectivity index (χ2n) is 5.55. The van der Waals surface area contributed by atoms with Crippen molar-refractivity contribution < 1.29 is 9.90 Å². The first-order valence-corrected chi connectivity index (χ1v) is 7.53. The summed E-state index contributed by atoms with van der Waals surface area (Å²) in [6.45, 7) is 6.29. The summed E-state index contributed by atoms with van der Waals surface area (Å²) in [4.78, 5) is 11.7. The summed E-state index contributed by atoms with van der Waals surface area (Å²) in [5.41, 5.74) is 1.76. The molecule has 0 aromatic heterocycles. The summed E-state index contributed by atoms with van der Waals surface area (Å²) < 4.78 is 0. The maximum atomic E-state index is 11.7. The van der Waals surface area contributed by atoms with Gasteiger partial charge in [0.05, 0.1) is 5.60 Å². The highest BCUT2D eigenvalue weighted by molar-refractivity contribution is 5.75. The zero-order chi connectivity index (χ0) is 15.0. The molecule has 1 aromatic rings. The van der Waals surface area contributed by atoms with Gasteiger partial charge in [-0.2, -0.15) is 0 Å². The lowest BCUT2D eigenvalue weighted by molar-refractivity contribution is -0.122. The van der Waals surface area contributed by atoms with Gasteiger partial charge >= 0.3 is 0 Å². The third kappa shape index (κ3) is 5.74. The molecule has 1 amide bonds. The molecule has 0 radical (unpaired) electrons. The van der Waals surface area contributed by atoms with Gasteiger partial charge in [0, 0.05) is 13.0 Å². The molecule has 0 heterocycles. The number of aliphatic hydroxyl groups is 1. The molecule has 0 unspecified atom stereocenters. The molecular weight excluding hydrogens is 250 g/mol. The number of nitrogens with one attached hydrogen (secondary N) is 1. The Morgan fingerprint density at radius 1 is 1.20 bits per heavy atom. The van der Waals surface area contributed by atoms with Gasteiger partial charge in [-0.3, -0.25) is 4.79 Å². The Labute approximate surface area is 122 Å². The van der Waals surface area contributed by atoms with Crippen LogP contribution in [0, 0.1) is 6.92 Å². The van der Waals surface area contributed by atoms with E-state index < -0.39 is 5.60 Å². The summed E-state index contributed by atoms with van der Waals surface area (Å²) in [7, 11) is 0. The molecular formula is C17H27NO2. The molecule has 0 spiro atoms. The van der Waals surface area contributed by atoms with Crippen molar-refractivity contribution in [2.45, 2.75) is 58.5 Å². The van der Waals surface area contributed by atoms with Crippen LogP contribution in [-0.4, -0.2) is 23.2 Å². The Bertz CT molecular complexity index is 408. The quantitative estimate of drug-likeness (QED) is 0.767. The number of carbonyl (C=O) groups is 1. The van der Waals surface area contributed by atoms with E-state index in [4.69, 9.17) is 0 Å². The minimum Gasteiger partial charge on any atom is -0.388 e. The molecule has 3 heteroatoms. The third-order valence-electron chi connectivity index (χ3n) is 3.92. The van der Waals surface area contributed by atoms with Crippen LogP contribution in [0.25, 0.3) is 0 Å². The van der Waals surface area contributed by atoms with E-state index in [2.05, 4.69) is 36.5 Å². The molecule has 0 saturated carbocycles. The lowest BCUT2D eigenvalue weighted by Crippen LogP contribution is -2.41. The van der Waals surface area contributed by atoms with Crippen LogP contribution >= 0.6 is 0 Å². The largest absolute Gasteiger partial charge is 0.388 e. The van der Waals surface area contributed by atoms with E-state index in [1.54, 1.807) is 0 Å². The maximum absolute atomic E-state index is 11.7. The smallest absolute Gasteiger partial charge is 0.220 e. The standard InChI is InChI=1S/C17H27NO2/c1-4-17(20,5-2)13-18-16(19)8-6-7-15-11-9-14(3)10-12-15/h9-12,20H,4-8,13H2,1-3H3,(H,18,19). The lowest BCUT2D eigenvalue weighted by Gasteiger charge is -2.25. The summed E-state index contributed by atoms with van der Waals surface area (Å²) in [6.07, 6.45) is 3.59. The molecule has 0 aliphatic heterocycles. The predicted molar refractivity (Wildman–Crippen MR) is 82.7 cm³/mol. The number of benzene rings is 1. The monoisotopic (exact) mass is 277 g/mol. The Hall–Kier alpha value is -1.35. The van der Waals surface area contributed by atoms with Crippen molar-refractivity contribution in [2.24, 2.45) is 0 Å². The molecule has 1 aromatic carbocycles. The first-order valence-electron chi connectivity index (χ1n) is 7.53. The van der Waals surface area contributed by atoms with E-state index in [0.717, 1.165) is 12.8 Å². The normalized spacial score (nSPS) is 11.4. The van der Waals surface area contributed by atoms with Gasteiger partial charge in [0.1, 0.15) is 0 Å². The Morgan fingerprint density at radius 3 is 2.35 bits per heavy atom. The van der Waals surface area contributed by atoms with Crippen LogP contribution in [0.3, 0.4) is 0 Å². The van der Waals surface area contributed by atoms with E-state index in [1.807, 2.05) is 13.8 Å². The minimum atomic E-state index is -0.757. The summed E-state index contributed by atoms with van der Waals surface area (Å²) >= 11 is 0. The maximum Gasteiger partial charge on any atom is 0.220 e. The van der Waals surface area contributed by atoms with Crippen molar-refractivity contribution in [2.75, 3.05) is 6.54 Å². The van der Waals surface area contributed by atoms with Crippen LogP contribution in [0.15, 0.2) is 24.3 Å². The fraction of sp³-hybridized carbons (Fsp3) is 0.588. The van der Waals surface area contributed by atoms with E-state index in [0.29, 0.717) is 25.8 Å². The molecule has 0 aliphatic carbocycles. The second kappa shape index (κ2) is 8.05. The summed E-state index contributed by atoms with van der Waals surface area (Å²) in [5, 5.41) is 12.9.